The van der Waals surface area contributed by atoms with Gasteiger partial charge in [-0.3, -0.25) is 10.1 Å². The summed E-state index contributed by atoms with van der Waals surface area (Å²) in [7, 11) is 0. The number of pyridine rings is 1. The average Bonchev–Trinajstić information content (AvgIpc) is 2.56. The molecule has 0 saturated carbocycles. The molecule has 1 heterocycles. The zero-order valence-corrected chi connectivity index (χ0v) is 13.2. The first-order chi connectivity index (χ1) is 12.0. The number of fused-ring (bicyclic) bond motifs is 1. The number of anilines is 1. The number of aromatic nitrogens is 1. The van der Waals surface area contributed by atoms with Crippen molar-refractivity contribution < 1.29 is 18.3 Å². The second kappa shape index (κ2) is 6.72. The van der Waals surface area contributed by atoms with Crippen LogP contribution >= 0.6 is 0 Å². The molecule has 0 aliphatic heterocycles. The lowest BCUT2D eigenvalue weighted by Gasteiger charge is -2.12. The Balaban J connectivity index is 2.15. The van der Waals surface area contributed by atoms with Crippen LogP contribution < -0.4 is 10.7 Å². The van der Waals surface area contributed by atoms with Gasteiger partial charge in [0.25, 0.3) is 0 Å². The van der Waals surface area contributed by atoms with Crippen molar-refractivity contribution in [3.63, 3.8) is 0 Å². The second-order valence-corrected chi connectivity index (χ2v) is 5.27. The number of amides is 1. The van der Waals surface area contributed by atoms with Gasteiger partial charge in [-0.25, -0.2) is 13.6 Å². The van der Waals surface area contributed by atoms with E-state index in [-0.39, 0.29) is 34.5 Å². The van der Waals surface area contributed by atoms with Crippen molar-refractivity contribution in [2.45, 2.75) is 6.92 Å². The summed E-state index contributed by atoms with van der Waals surface area (Å²) in [4.78, 5) is 26.8. The number of rotatable bonds is 3. The van der Waals surface area contributed by atoms with Gasteiger partial charge in [-0.15, -0.1) is 0 Å². The monoisotopic (exact) mass is 344 g/mol. The van der Waals surface area contributed by atoms with Crippen LogP contribution in [0.5, 0.6) is 0 Å². The Labute approximate surface area is 141 Å². The summed E-state index contributed by atoms with van der Waals surface area (Å²) in [5.74, 6) is -1.06. The maximum atomic E-state index is 13.7. The van der Waals surface area contributed by atoms with E-state index in [4.69, 9.17) is 4.74 Å². The molecule has 25 heavy (non-hydrogen) atoms. The fourth-order valence-electron chi connectivity index (χ4n) is 2.50. The van der Waals surface area contributed by atoms with Crippen molar-refractivity contribution in [2.75, 3.05) is 11.9 Å². The lowest BCUT2D eigenvalue weighted by Crippen LogP contribution is -2.14. The van der Waals surface area contributed by atoms with Gasteiger partial charge in [0.05, 0.1) is 23.5 Å². The van der Waals surface area contributed by atoms with Crippen molar-refractivity contribution in [1.29, 1.82) is 0 Å². The summed E-state index contributed by atoms with van der Waals surface area (Å²) in [5.41, 5.74) is 0.668. The maximum absolute atomic E-state index is 13.7. The highest BCUT2D eigenvalue weighted by Crippen LogP contribution is 2.28. The van der Waals surface area contributed by atoms with Crippen molar-refractivity contribution in [2.24, 2.45) is 0 Å². The maximum Gasteiger partial charge on any atom is 0.411 e. The molecule has 128 valence electrons. The number of ether oxygens (including phenoxy) is 1. The molecule has 0 fully saturated rings. The molecule has 1 amide bonds. The van der Waals surface area contributed by atoms with Crippen LogP contribution in [0.25, 0.3) is 22.2 Å². The van der Waals surface area contributed by atoms with Gasteiger partial charge < -0.3 is 9.72 Å². The van der Waals surface area contributed by atoms with Gasteiger partial charge in [-0.1, -0.05) is 0 Å². The minimum Gasteiger partial charge on any atom is -0.450 e. The third-order valence-corrected chi connectivity index (χ3v) is 3.58. The average molecular weight is 344 g/mol. The van der Waals surface area contributed by atoms with E-state index in [2.05, 4.69) is 10.3 Å². The molecule has 0 bridgehead atoms. The number of carbonyl (C=O) groups is 1. The smallest absolute Gasteiger partial charge is 0.411 e. The number of nitrogens with one attached hydrogen (secondary N) is 2. The summed E-state index contributed by atoms with van der Waals surface area (Å²) in [6, 6.07) is 8.70. The Bertz CT molecular complexity index is 1010. The van der Waals surface area contributed by atoms with Crippen molar-refractivity contribution in [3.8, 4) is 11.3 Å². The number of benzene rings is 2. The standard InChI is InChI=1S/C18H14F2N2O3/c1-2-25-18(24)22-14-6-4-10(19)7-13(14)16-9-17(23)12-5-3-11(20)8-15(12)21-16/h3-9H,2H2,1H3,(H,21,23)(H,22,24). The summed E-state index contributed by atoms with van der Waals surface area (Å²) in [6.45, 7) is 1.83. The minimum atomic E-state index is -0.704. The highest BCUT2D eigenvalue weighted by atomic mass is 19.1. The Kier molecular flexibility index (Phi) is 4.47. The van der Waals surface area contributed by atoms with Crippen molar-refractivity contribution >= 4 is 22.7 Å². The SMILES string of the molecule is CCOC(=O)Nc1ccc(F)cc1-c1cc(=O)c2ccc(F)cc2[nH]1. The molecule has 3 aromatic rings. The van der Waals surface area contributed by atoms with E-state index in [9.17, 15) is 18.4 Å². The Morgan fingerprint density at radius 2 is 1.84 bits per heavy atom. The van der Waals surface area contributed by atoms with E-state index in [0.29, 0.717) is 5.39 Å². The summed E-state index contributed by atoms with van der Waals surface area (Å²) >= 11 is 0. The molecule has 7 heteroatoms. The molecule has 0 atom stereocenters. The molecule has 2 aromatic carbocycles. The summed E-state index contributed by atoms with van der Waals surface area (Å²) in [5, 5.41) is 2.80. The summed E-state index contributed by atoms with van der Waals surface area (Å²) in [6.07, 6.45) is -0.704. The zero-order valence-electron chi connectivity index (χ0n) is 13.2. The molecular formula is C18H14F2N2O3. The topological polar surface area (TPSA) is 71.2 Å². The highest BCUT2D eigenvalue weighted by Gasteiger charge is 2.13. The minimum absolute atomic E-state index is 0.175. The first-order valence-corrected chi connectivity index (χ1v) is 7.54. The van der Waals surface area contributed by atoms with Gasteiger partial charge in [0.15, 0.2) is 5.43 Å². The lowest BCUT2D eigenvalue weighted by molar-refractivity contribution is 0.168. The van der Waals surface area contributed by atoms with Crippen LogP contribution in [0.15, 0.2) is 47.3 Å². The largest absolute Gasteiger partial charge is 0.450 e. The third-order valence-electron chi connectivity index (χ3n) is 3.58. The molecule has 0 spiro atoms. The van der Waals surface area contributed by atoms with Crippen LogP contribution in [0.1, 0.15) is 6.92 Å². The van der Waals surface area contributed by atoms with E-state index in [0.717, 1.165) is 6.07 Å². The molecule has 3 rings (SSSR count). The molecule has 5 nitrogen and oxygen atoms in total. The van der Waals surface area contributed by atoms with Gasteiger partial charge in [0.1, 0.15) is 11.6 Å². The Morgan fingerprint density at radius 3 is 2.60 bits per heavy atom. The van der Waals surface area contributed by atoms with E-state index < -0.39 is 17.7 Å². The van der Waals surface area contributed by atoms with Crippen LogP contribution in [0, 0.1) is 11.6 Å². The van der Waals surface area contributed by atoms with E-state index in [1.54, 1.807) is 6.92 Å². The molecule has 1 aromatic heterocycles. The predicted octanol–water partition coefficient (Wildman–Crippen LogP) is 4.04. The van der Waals surface area contributed by atoms with E-state index in [1.165, 1.54) is 36.4 Å². The van der Waals surface area contributed by atoms with Crippen LogP contribution in [-0.4, -0.2) is 17.7 Å². The lowest BCUT2D eigenvalue weighted by atomic mass is 10.1. The predicted molar refractivity (Wildman–Crippen MR) is 90.6 cm³/mol. The number of halogens is 2. The number of hydrogen-bond acceptors (Lipinski definition) is 3. The van der Waals surface area contributed by atoms with Gasteiger partial charge in [0.2, 0.25) is 0 Å². The fraction of sp³-hybridized carbons (Fsp3) is 0.111. The van der Waals surface area contributed by atoms with Gasteiger partial charge in [-0.2, -0.15) is 0 Å². The number of carbonyl (C=O) groups excluding carboxylic acids is 1. The van der Waals surface area contributed by atoms with E-state index in [1.807, 2.05) is 0 Å². The van der Waals surface area contributed by atoms with Crippen LogP contribution in [0.3, 0.4) is 0 Å². The highest BCUT2D eigenvalue weighted by molar-refractivity contribution is 5.92. The van der Waals surface area contributed by atoms with Crippen molar-refractivity contribution in [1.82, 2.24) is 4.98 Å². The van der Waals surface area contributed by atoms with Gasteiger partial charge in [0, 0.05) is 17.0 Å². The first kappa shape index (κ1) is 16.6. The second-order valence-electron chi connectivity index (χ2n) is 5.27. The Morgan fingerprint density at radius 1 is 1.12 bits per heavy atom. The molecule has 2 N–H and O–H groups in total. The molecule has 0 radical (unpaired) electrons. The quantitative estimate of drug-likeness (QED) is 0.753. The normalized spacial score (nSPS) is 10.7. The third kappa shape index (κ3) is 3.50. The Hall–Kier alpha value is -3.22. The van der Waals surface area contributed by atoms with Crippen LogP contribution in [0.2, 0.25) is 0 Å². The molecule has 0 unspecified atom stereocenters. The van der Waals surface area contributed by atoms with Crippen molar-refractivity contribution in [3.05, 3.63) is 64.3 Å². The molecule has 0 aliphatic rings. The number of H-pyrrole nitrogens is 1. The molecule has 0 aliphatic carbocycles. The summed E-state index contributed by atoms with van der Waals surface area (Å²) < 4.78 is 32.0. The first-order valence-electron chi connectivity index (χ1n) is 7.54. The number of hydrogen-bond donors (Lipinski definition) is 2. The van der Waals surface area contributed by atoms with Crippen LogP contribution in [-0.2, 0) is 4.74 Å². The van der Waals surface area contributed by atoms with Gasteiger partial charge >= 0.3 is 6.09 Å². The molecule has 0 saturated heterocycles. The molecular weight excluding hydrogens is 330 g/mol. The zero-order chi connectivity index (χ0) is 18.0. The fourth-order valence-corrected chi connectivity index (χ4v) is 2.50. The van der Waals surface area contributed by atoms with Crippen LogP contribution in [0.4, 0.5) is 19.3 Å². The number of aromatic amines is 1. The van der Waals surface area contributed by atoms with E-state index >= 15 is 0 Å². The van der Waals surface area contributed by atoms with Gasteiger partial charge in [-0.05, 0) is 43.3 Å².